The Kier molecular flexibility index (Phi) is 11.7. The molecule has 7 heteroatoms. The standard InChI is InChI=1S/C24H42N4O3/c1-7-17(6)22(24(31)27-14-18-10-8-9-11-26-18)28-23(30)19(16(4)5)13-21(29)20(25)12-15(2)3/h8-11,15-17,19-22,29H,7,12-14,25H2,1-6H3,(H,27,31)(H,28,30)/t17-,19-,20-,21-,22-/m0/s1. The Morgan fingerprint density at radius 2 is 1.77 bits per heavy atom. The third-order valence-electron chi connectivity index (χ3n) is 5.84. The van der Waals surface area contributed by atoms with E-state index in [0.29, 0.717) is 18.9 Å². The minimum Gasteiger partial charge on any atom is -0.391 e. The molecule has 0 unspecified atom stereocenters. The number of aromatic nitrogens is 1. The number of pyridine rings is 1. The maximum atomic E-state index is 13.1. The molecular formula is C24H42N4O3. The molecule has 31 heavy (non-hydrogen) atoms. The van der Waals surface area contributed by atoms with Gasteiger partial charge in [0.25, 0.3) is 0 Å². The number of amides is 2. The van der Waals surface area contributed by atoms with Crippen LogP contribution in [0.3, 0.4) is 0 Å². The minimum absolute atomic E-state index is 0.00932. The first-order valence-electron chi connectivity index (χ1n) is 11.5. The van der Waals surface area contributed by atoms with Crippen LogP contribution in [0, 0.1) is 23.7 Å². The van der Waals surface area contributed by atoms with Crippen molar-refractivity contribution in [1.82, 2.24) is 15.6 Å². The van der Waals surface area contributed by atoms with Crippen molar-refractivity contribution >= 4 is 11.8 Å². The summed E-state index contributed by atoms with van der Waals surface area (Å²) in [6.45, 7) is 12.3. The van der Waals surface area contributed by atoms with E-state index in [1.165, 1.54) is 0 Å². The number of carbonyl (C=O) groups excluding carboxylic acids is 2. The van der Waals surface area contributed by atoms with Gasteiger partial charge in [0.1, 0.15) is 6.04 Å². The SMILES string of the molecule is CC[C@H](C)[C@H](NC(=O)[C@@H](C[C@H](O)[C@@H](N)CC(C)C)C(C)C)C(=O)NCc1ccccn1. The van der Waals surface area contributed by atoms with Crippen molar-refractivity contribution in [2.75, 3.05) is 0 Å². The molecule has 2 amide bonds. The second-order valence-electron chi connectivity index (χ2n) is 9.36. The van der Waals surface area contributed by atoms with Gasteiger partial charge in [0.2, 0.25) is 11.8 Å². The summed E-state index contributed by atoms with van der Waals surface area (Å²) in [6.07, 6.45) is 2.63. The number of carbonyl (C=O) groups is 2. The molecule has 0 spiro atoms. The lowest BCUT2D eigenvalue weighted by atomic mass is 9.85. The Morgan fingerprint density at radius 1 is 1.10 bits per heavy atom. The van der Waals surface area contributed by atoms with Gasteiger partial charge in [-0.05, 0) is 42.7 Å². The van der Waals surface area contributed by atoms with Crippen LogP contribution in [0.15, 0.2) is 24.4 Å². The Labute approximate surface area is 187 Å². The molecule has 0 aliphatic rings. The van der Waals surface area contributed by atoms with Crippen molar-refractivity contribution in [3.05, 3.63) is 30.1 Å². The largest absolute Gasteiger partial charge is 0.391 e. The fourth-order valence-electron chi connectivity index (χ4n) is 3.57. The summed E-state index contributed by atoms with van der Waals surface area (Å²) in [6, 6.07) is 4.50. The van der Waals surface area contributed by atoms with Crippen LogP contribution in [0.1, 0.15) is 66.5 Å². The van der Waals surface area contributed by atoms with Crippen LogP contribution in [0.4, 0.5) is 0 Å². The number of rotatable bonds is 13. The lowest BCUT2D eigenvalue weighted by molar-refractivity contribution is -0.134. The van der Waals surface area contributed by atoms with Crippen LogP contribution in [0.2, 0.25) is 0 Å². The molecule has 0 fully saturated rings. The van der Waals surface area contributed by atoms with E-state index in [9.17, 15) is 14.7 Å². The van der Waals surface area contributed by atoms with Gasteiger partial charge in [0, 0.05) is 18.2 Å². The van der Waals surface area contributed by atoms with Gasteiger partial charge in [0.15, 0.2) is 0 Å². The van der Waals surface area contributed by atoms with Crippen molar-refractivity contribution in [2.45, 2.75) is 85.5 Å². The first-order chi connectivity index (χ1) is 14.6. The Morgan fingerprint density at radius 3 is 2.29 bits per heavy atom. The highest BCUT2D eigenvalue weighted by Crippen LogP contribution is 2.21. The third-order valence-corrected chi connectivity index (χ3v) is 5.84. The molecule has 7 nitrogen and oxygen atoms in total. The summed E-state index contributed by atoms with van der Waals surface area (Å²) >= 11 is 0. The number of aliphatic hydroxyl groups excluding tert-OH is 1. The van der Waals surface area contributed by atoms with Crippen molar-refractivity contribution < 1.29 is 14.7 Å². The molecule has 0 aromatic carbocycles. The second kappa shape index (κ2) is 13.4. The van der Waals surface area contributed by atoms with Gasteiger partial charge in [-0.15, -0.1) is 0 Å². The van der Waals surface area contributed by atoms with Crippen molar-refractivity contribution in [2.24, 2.45) is 29.4 Å². The average Bonchev–Trinajstić information content (AvgIpc) is 2.73. The normalized spacial score (nSPS) is 16.5. The summed E-state index contributed by atoms with van der Waals surface area (Å²) in [7, 11) is 0. The smallest absolute Gasteiger partial charge is 0.243 e. The first kappa shape index (κ1) is 27.0. The zero-order valence-corrected chi connectivity index (χ0v) is 20.0. The molecule has 1 aromatic rings. The molecule has 1 rings (SSSR count). The Bertz CT molecular complexity index is 666. The highest BCUT2D eigenvalue weighted by Gasteiger charge is 2.32. The van der Waals surface area contributed by atoms with Gasteiger partial charge in [0.05, 0.1) is 18.3 Å². The number of nitrogens with zero attached hydrogens (tertiary/aromatic N) is 1. The fraction of sp³-hybridized carbons (Fsp3) is 0.708. The van der Waals surface area contributed by atoms with Crippen molar-refractivity contribution in [1.29, 1.82) is 0 Å². The third kappa shape index (κ3) is 9.35. The second-order valence-corrected chi connectivity index (χ2v) is 9.36. The van der Waals surface area contributed by atoms with Gasteiger partial charge >= 0.3 is 0 Å². The zero-order valence-electron chi connectivity index (χ0n) is 20.0. The van der Waals surface area contributed by atoms with Crippen LogP contribution in [0.25, 0.3) is 0 Å². The lowest BCUT2D eigenvalue weighted by Gasteiger charge is -2.30. The maximum absolute atomic E-state index is 13.1. The summed E-state index contributed by atoms with van der Waals surface area (Å²) in [5.41, 5.74) is 6.89. The minimum atomic E-state index is -0.763. The van der Waals surface area contributed by atoms with E-state index in [-0.39, 0.29) is 36.1 Å². The fourth-order valence-corrected chi connectivity index (χ4v) is 3.57. The quantitative estimate of drug-likeness (QED) is 0.381. The molecule has 1 heterocycles. The average molecular weight is 435 g/mol. The lowest BCUT2D eigenvalue weighted by Crippen LogP contribution is -2.52. The van der Waals surface area contributed by atoms with E-state index in [1.54, 1.807) is 6.20 Å². The Balaban J connectivity index is 2.82. The number of hydrogen-bond donors (Lipinski definition) is 4. The van der Waals surface area contributed by atoms with E-state index in [1.807, 2.05) is 45.9 Å². The summed E-state index contributed by atoms with van der Waals surface area (Å²) in [5, 5.41) is 16.4. The number of nitrogens with two attached hydrogens (primary N) is 1. The first-order valence-corrected chi connectivity index (χ1v) is 11.5. The van der Waals surface area contributed by atoms with Crippen molar-refractivity contribution in [3.8, 4) is 0 Å². The van der Waals surface area contributed by atoms with Gasteiger partial charge in [-0.25, -0.2) is 0 Å². The maximum Gasteiger partial charge on any atom is 0.243 e. The summed E-state index contributed by atoms with van der Waals surface area (Å²) in [5.74, 6) is -0.530. The zero-order chi connectivity index (χ0) is 23.6. The summed E-state index contributed by atoms with van der Waals surface area (Å²) < 4.78 is 0. The van der Waals surface area contributed by atoms with Crippen LogP contribution < -0.4 is 16.4 Å². The van der Waals surface area contributed by atoms with Crippen molar-refractivity contribution in [3.63, 3.8) is 0 Å². The molecule has 5 N–H and O–H groups in total. The predicted octanol–water partition coefficient (Wildman–Crippen LogP) is 2.63. The molecule has 0 bridgehead atoms. The summed E-state index contributed by atoms with van der Waals surface area (Å²) in [4.78, 5) is 30.2. The van der Waals surface area contributed by atoms with Crippen LogP contribution in [-0.2, 0) is 16.1 Å². The molecule has 0 saturated carbocycles. The topological polar surface area (TPSA) is 117 Å². The van der Waals surface area contributed by atoms with Crippen LogP contribution in [-0.4, -0.2) is 40.1 Å². The molecular weight excluding hydrogens is 392 g/mol. The van der Waals surface area contributed by atoms with E-state index >= 15 is 0 Å². The number of aliphatic hydroxyl groups is 1. The predicted molar refractivity (Wildman–Crippen MR) is 124 cm³/mol. The van der Waals surface area contributed by atoms with Gasteiger partial charge in [-0.1, -0.05) is 54.0 Å². The van der Waals surface area contributed by atoms with Gasteiger partial charge in [-0.3, -0.25) is 14.6 Å². The molecule has 1 aromatic heterocycles. The monoisotopic (exact) mass is 434 g/mol. The number of nitrogens with one attached hydrogen (secondary N) is 2. The molecule has 0 aliphatic carbocycles. The van der Waals surface area contributed by atoms with E-state index < -0.39 is 18.1 Å². The molecule has 5 atom stereocenters. The van der Waals surface area contributed by atoms with E-state index in [0.717, 1.165) is 12.1 Å². The molecule has 176 valence electrons. The van der Waals surface area contributed by atoms with Gasteiger partial charge < -0.3 is 21.5 Å². The van der Waals surface area contributed by atoms with Crippen LogP contribution >= 0.6 is 0 Å². The molecule has 0 aliphatic heterocycles. The van der Waals surface area contributed by atoms with E-state index in [4.69, 9.17) is 5.73 Å². The molecule has 0 radical (unpaired) electrons. The Hall–Kier alpha value is -1.99. The van der Waals surface area contributed by atoms with Gasteiger partial charge in [-0.2, -0.15) is 0 Å². The highest BCUT2D eigenvalue weighted by molar-refractivity contribution is 5.88. The number of hydrogen-bond acceptors (Lipinski definition) is 5. The highest BCUT2D eigenvalue weighted by atomic mass is 16.3. The molecule has 0 saturated heterocycles. The van der Waals surface area contributed by atoms with E-state index in [2.05, 4.69) is 29.5 Å². The van der Waals surface area contributed by atoms with Crippen LogP contribution in [0.5, 0.6) is 0 Å².